The molecule has 0 aliphatic carbocycles. The molecule has 0 bridgehead atoms. The van der Waals surface area contributed by atoms with Gasteiger partial charge >= 0.3 is 5.27 Å². The molecule has 0 aliphatic rings. The third-order valence-corrected chi connectivity index (χ3v) is 5.27. The second-order valence-corrected chi connectivity index (χ2v) is 6.21. The average molecular weight is 238 g/mol. The minimum absolute atomic E-state index is 0.631. The third-order valence-electron chi connectivity index (χ3n) is 2.02. The van der Waals surface area contributed by atoms with Crippen LogP contribution in [0, 0.1) is 0 Å². The van der Waals surface area contributed by atoms with Gasteiger partial charge in [0.25, 0.3) is 0 Å². The topological polar surface area (TPSA) is 0 Å². The van der Waals surface area contributed by atoms with Crippen LogP contribution >= 0.6 is 23.2 Å². The highest BCUT2D eigenvalue weighted by Gasteiger charge is 2.16. The van der Waals surface area contributed by atoms with E-state index in [0.717, 1.165) is 0 Å². The Morgan fingerprint density at radius 2 is 1.47 bits per heavy atom. The van der Waals surface area contributed by atoms with Gasteiger partial charge in [0.15, 0.2) is 0 Å². The Hall–Kier alpha value is -0.0151. The SMILES string of the molecule is CCCSB(SCCC)c1ccccc1. The van der Waals surface area contributed by atoms with Crippen molar-refractivity contribution >= 4 is 34.0 Å². The first-order valence-corrected chi connectivity index (χ1v) is 7.76. The van der Waals surface area contributed by atoms with Gasteiger partial charge in [-0.25, -0.2) is 0 Å². The first kappa shape index (κ1) is 13.1. The minimum Gasteiger partial charge on any atom is -0.190 e. The predicted octanol–water partition coefficient (Wildman–Crippen LogP) is 3.67. The standard InChI is InChI=1S/C12H19BS2/c1-3-10-14-13(15-11-4-2)12-8-6-5-7-9-12/h5-9H,3-4,10-11H2,1-2H3. The highest BCUT2D eigenvalue weighted by Crippen LogP contribution is 2.20. The van der Waals surface area contributed by atoms with Crippen LogP contribution in [-0.2, 0) is 0 Å². The Morgan fingerprint density at radius 3 is 1.93 bits per heavy atom. The summed E-state index contributed by atoms with van der Waals surface area (Å²) in [6.45, 7) is 4.50. The van der Waals surface area contributed by atoms with Crippen LogP contribution in [0.5, 0.6) is 0 Å². The van der Waals surface area contributed by atoms with Crippen molar-refractivity contribution in [3.8, 4) is 0 Å². The molecular weight excluding hydrogens is 219 g/mol. The van der Waals surface area contributed by atoms with Crippen molar-refractivity contribution in [1.82, 2.24) is 0 Å². The van der Waals surface area contributed by atoms with Crippen LogP contribution in [0.25, 0.3) is 0 Å². The molecule has 0 heterocycles. The van der Waals surface area contributed by atoms with E-state index in [1.165, 1.54) is 29.8 Å². The molecule has 15 heavy (non-hydrogen) atoms. The molecule has 0 atom stereocenters. The molecule has 0 aliphatic heterocycles. The first-order chi connectivity index (χ1) is 7.38. The van der Waals surface area contributed by atoms with Gasteiger partial charge in [0, 0.05) is 0 Å². The van der Waals surface area contributed by atoms with Gasteiger partial charge in [-0.2, -0.15) is 23.2 Å². The molecule has 0 aromatic heterocycles. The summed E-state index contributed by atoms with van der Waals surface area (Å²) in [6, 6.07) is 10.9. The zero-order valence-corrected chi connectivity index (χ0v) is 11.2. The third kappa shape index (κ3) is 5.03. The fraction of sp³-hybridized carbons (Fsp3) is 0.500. The molecule has 0 amide bonds. The fourth-order valence-corrected chi connectivity index (χ4v) is 3.86. The molecule has 0 nitrogen and oxygen atoms in total. The summed E-state index contributed by atoms with van der Waals surface area (Å²) in [7, 11) is 0. The van der Waals surface area contributed by atoms with E-state index in [0.29, 0.717) is 5.27 Å². The van der Waals surface area contributed by atoms with Gasteiger partial charge in [-0.05, 0) is 24.3 Å². The van der Waals surface area contributed by atoms with Crippen LogP contribution in [0.3, 0.4) is 0 Å². The van der Waals surface area contributed by atoms with E-state index >= 15 is 0 Å². The summed E-state index contributed by atoms with van der Waals surface area (Å²) >= 11 is 4.16. The van der Waals surface area contributed by atoms with Crippen LogP contribution in [0.15, 0.2) is 30.3 Å². The van der Waals surface area contributed by atoms with Crippen molar-refractivity contribution in [2.75, 3.05) is 11.5 Å². The zero-order chi connectivity index (χ0) is 10.9. The van der Waals surface area contributed by atoms with E-state index in [2.05, 4.69) is 67.4 Å². The molecule has 0 saturated heterocycles. The Kier molecular flexibility index (Phi) is 7.11. The van der Waals surface area contributed by atoms with Crippen molar-refractivity contribution in [2.45, 2.75) is 26.7 Å². The molecule has 0 unspecified atom stereocenters. The van der Waals surface area contributed by atoms with E-state index in [1.807, 2.05) is 0 Å². The van der Waals surface area contributed by atoms with Crippen LogP contribution in [0.2, 0.25) is 0 Å². The lowest BCUT2D eigenvalue weighted by Gasteiger charge is -2.12. The summed E-state index contributed by atoms with van der Waals surface area (Å²) < 4.78 is 0. The summed E-state index contributed by atoms with van der Waals surface area (Å²) in [5.74, 6) is 2.52. The highest BCUT2D eigenvalue weighted by molar-refractivity contribution is 8.55. The van der Waals surface area contributed by atoms with Crippen LogP contribution in [0.1, 0.15) is 26.7 Å². The van der Waals surface area contributed by atoms with E-state index in [4.69, 9.17) is 0 Å². The van der Waals surface area contributed by atoms with Gasteiger partial charge in [-0.15, -0.1) is 0 Å². The quantitative estimate of drug-likeness (QED) is 0.665. The summed E-state index contributed by atoms with van der Waals surface area (Å²) in [5, 5.41) is 0.631. The lowest BCUT2D eigenvalue weighted by atomic mass is 9.93. The van der Waals surface area contributed by atoms with Gasteiger partial charge < -0.3 is 0 Å². The summed E-state index contributed by atoms with van der Waals surface area (Å²) in [5.41, 5.74) is 1.47. The molecule has 1 aromatic rings. The lowest BCUT2D eigenvalue weighted by Crippen LogP contribution is -2.24. The van der Waals surface area contributed by atoms with Gasteiger partial charge in [0.1, 0.15) is 0 Å². The number of hydrogen-bond acceptors (Lipinski definition) is 2. The molecule has 0 fully saturated rings. The maximum atomic E-state index is 2.25. The van der Waals surface area contributed by atoms with Crippen molar-refractivity contribution in [2.24, 2.45) is 0 Å². The minimum atomic E-state index is 0.631. The van der Waals surface area contributed by atoms with E-state index in [-0.39, 0.29) is 0 Å². The number of hydrogen-bond donors (Lipinski definition) is 0. The van der Waals surface area contributed by atoms with Gasteiger partial charge in [-0.3, -0.25) is 0 Å². The molecular formula is C12H19BS2. The monoisotopic (exact) mass is 238 g/mol. The predicted molar refractivity (Wildman–Crippen MR) is 77.3 cm³/mol. The average Bonchev–Trinajstić information content (AvgIpc) is 2.30. The first-order valence-electron chi connectivity index (χ1n) is 5.66. The maximum Gasteiger partial charge on any atom is 0.307 e. The van der Waals surface area contributed by atoms with Crippen molar-refractivity contribution in [3.05, 3.63) is 30.3 Å². The van der Waals surface area contributed by atoms with E-state index < -0.39 is 0 Å². The Labute approximate surface area is 102 Å². The largest absolute Gasteiger partial charge is 0.307 e. The highest BCUT2D eigenvalue weighted by atomic mass is 32.2. The molecule has 3 heteroatoms. The molecule has 0 saturated carbocycles. The van der Waals surface area contributed by atoms with Crippen molar-refractivity contribution < 1.29 is 0 Å². The van der Waals surface area contributed by atoms with Gasteiger partial charge in [-0.1, -0.05) is 49.6 Å². The lowest BCUT2D eigenvalue weighted by molar-refractivity contribution is 1.11. The summed E-state index contributed by atoms with van der Waals surface area (Å²) in [4.78, 5) is 0. The fourth-order valence-electron chi connectivity index (χ4n) is 1.30. The maximum absolute atomic E-state index is 2.25. The molecule has 0 N–H and O–H groups in total. The summed E-state index contributed by atoms with van der Waals surface area (Å²) in [6.07, 6.45) is 2.53. The van der Waals surface area contributed by atoms with Gasteiger partial charge in [0.2, 0.25) is 0 Å². The number of rotatable bonds is 7. The van der Waals surface area contributed by atoms with Crippen LogP contribution in [0.4, 0.5) is 0 Å². The Balaban J connectivity index is 2.55. The Morgan fingerprint density at radius 1 is 0.933 bits per heavy atom. The Bertz CT molecular complexity index is 243. The van der Waals surface area contributed by atoms with E-state index in [1.54, 1.807) is 0 Å². The second-order valence-electron chi connectivity index (χ2n) is 3.48. The van der Waals surface area contributed by atoms with E-state index in [9.17, 15) is 0 Å². The van der Waals surface area contributed by atoms with Crippen LogP contribution in [-0.4, -0.2) is 16.8 Å². The van der Waals surface area contributed by atoms with Crippen molar-refractivity contribution in [1.29, 1.82) is 0 Å². The van der Waals surface area contributed by atoms with Crippen molar-refractivity contribution in [3.63, 3.8) is 0 Å². The molecule has 82 valence electrons. The molecule has 1 aromatic carbocycles. The molecule has 1 rings (SSSR count). The second kappa shape index (κ2) is 8.17. The van der Waals surface area contributed by atoms with Gasteiger partial charge in [0.05, 0.1) is 0 Å². The number of benzene rings is 1. The van der Waals surface area contributed by atoms with Crippen LogP contribution < -0.4 is 5.46 Å². The zero-order valence-electron chi connectivity index (χ0n) is 9.61. The molecule has 0 spiro atoms. The molecule has 0 radical (unpaired) electrons. The normalized spacial score (nSPS) is 10.3. The smallest absolute Gasteiger partial charge is 0.190 e.